The van der Waals surface area contributed by atoms with Crippen LogP contribution >= 0.6 is 0 Å². The third kappa shape index (κ3) is 2.56. The summed E-state index contributed by atoms with van der Waals surface area (Å²) >= 11 is 0. The van der Waals surface area contributed by atoms with E-state index < -0.39 is 10.8 Å². The highest BCUT2D eigenvalue weighted by Crippen LogP contribution is 2.46. The summed E-state index contributed by atoms with van der Waals surface area (Å²) in [6.07, 6.45) is 1.26. The number of rotatable bonds is 2. The van der Waals surface area contributed by atoms with Crippen LogP contribution in [-0.4, -0.2) is 14.6 Å². The van der Waals surface area contributed by atoms with Crippen LogP contribution in [0.25, 0.3) is 4.85 Å². The van der Waals surface area contributed by atoms with Crippen LogP contribution < -0.4 is 16.1 Å². The molecule has 3 N–H and O–H groups in total. The molecule has 0 radical (unpaired) electrons. The van der Waals surface area contributed by atoms with Crippen molar-refractivity contribution in [2.75, 3.05) is 5.84 Å². The quantitative estimate of drug-likeness (QED) is 0.246. The predicted molar refractivity (Wildman–Crippen MR) is 95.1 cm³/mol. The molecule has 9 heteroatoms. The number of nitrogens with one attached hydrogen (secondary N) is 1. The highest BCUT2D eigenvalue weighted by atomic mass is 16.6. The van der Waals surface area contributed by atoms with E-state index in [1.165, 1.54) is 18.5 Å². The molecule has 1 unspecified atom stereocenters. The van der Waals surface area contributed by atoms with Crippen LogP contribution in [0.2, 0.25) is 0 Å². The summed E-state index contributed by atoms with van der Waals surface area (Å²) in [5, 5.41) is 19.6. The van der Waals surface area contributed by atoms with Crippen molar-refractivity contribution in [1.82, 2.24) is 9.66 Å². The first-order chi connectivity index (χ1) is 13.0. The molecule has 0 aliphatic carbocycles. The molecular weight excluding hydrogens is 348 g/mol. The first-order valence-electron chi connectivity index (χ1n) is 7.84. The number of hydrogen-bond acceptors (Lipinski definition) is 6. The van der Waals surface area contributed by atoms with Gasteiger partial charge in [-0.25, -0.2) is 14.5 Å². The molecule has 2 aromatic carbocycles. The van der Waals surface area contributed by atoms with Crippen molar-refractivity contribution < 1.29 is 9.66 Å². The second-order valence-corrected chi connectivity index (χ2v) is 5.94. The molecule has 0 saturated heterocycles. The van der Waals surface area contributed by atoms with Crippen LogP contribution in [0, 0.1) is 22.1 Å². The largest absolute Gasteiger partial charge is 0.440 e. The number of nitrogen functional groups attached to an aromatic ring is 1. The maximum atomic E-state index is 11.2. The predicted octanol–water partition coefficient (Wildman–Crippen LogP) is 2.82. The van der Waals surface area contributed by atoms with Gasteiger partial charge in [0, 0.05) is 23.6 Å². The van der Waals surface area contributed by atoms with Crippen LogP contribution in [-0.2, 0) is 0 Å². The lowest BCUT2D eigenvalue weighted by molar-refractivity contribution is -0.384. The summed E-state index contributed by atoms with van der Waals surface area (Å²) in [5.41, 5.74) is 2.01. The smallest absolute Gasteiger partial charge is 0.269 e. The van der Waals surface area contributed by atoms with Crippen LogP contribution in [0.5, 0.6) is 11.6 Å². The van der Waals surface area contributed by atoms with E-state index in [2.05, 4.69) is 9.83 Å². The molecule has 1 aliphatic rings. The van der Waals surface area contributed by atoms with Crippen LogP contribution in [0.4, 0.5) is 11.4 Å². The van der Waals surface area contributed by atoms with E-state index in [1.807, 2.05) is 0 Å². The van der Waals surface area contributed by atoms with Gasteiger partial charge in [-0.2, -0.15) is 0 Å². The Morgan fingerprint density at radius 2 is 2.15 bits per heavy atom. The van der Waals surface area contributed by atoms with E-state index >= 15 is 0 Å². The minimum atomic E-state index is -0.542. The monoisotopic (exact) mass is 360 g/mol. The third-order valence-corrected chi connectivity index (χ3v) is 4.39. The van der Waals surface area contributed by atoms with Gasteiger partial charge in [0.05, 0.1) is 17.1 Å². The van der Waals surface area contributed by atoms with Crippen molar-refractivity contribution in [1.29, 1.82) is 5.41 Å². The molecule has 1 aromatic heterocycles. The molecule has 0 bridgehead atoms. The fourth-order valence-electron chi connectivity index (χ4n) is 3.17. The molecule has 132 valence electrons. The molecule has 1 atom stereocenters. The van der Waals surface area contributed by atoms with Crippen molar-refractivity contribution in [3.63, 3.8) is 0 Å². The van der Waals surface area contributed by atoms with Crippen LogP contribution in [0.3, 0.4) is 0 Å². The molecule has 2 heterocycles. The lowest BCUT2D eigenvalue weighted by atomic mass is 9.83. The summed E-state index contributed by atoms with van der Waals surface area (Å²) in [6.45, 7) is 7.19. The van der Waals surface area contributed by atoms with Gasteiger partial charge in [-0.05, 0) is 11.6 Å². The zero-order chi connectivity index (χ0) is 19.1. The topological polar surface area (TPSA) is 124 Å². The molecule has 0 spiro atoms. The highest BCUT2D eigenvalue weighted by molar-refractivity contribution is 5.61. The Morgan fingerprint density at radius 1 is 1.33 bits per heavy atom. The number of aromatic nitrogens is 2. The van der Waals surface area contributed by atoms with Gasteiger partial charge in [0.25, 0.3) is 5.69 Å². The fraction of sp³-hybridized carbons (Fsp3) is 0.0556. The van der Waals surface area contributed by atoms with Gasteiger partial charge >= 0.3 is 0 Å². The zero-order valence-electron chi connectivity index (χ0n) is 13.8. The number of benzene rings is 2. The zero-order valence-corrected chi connectivity index (χ0v) is 13.8. The standard InChI is InChI=1S/C18H12N6O3/c1-21-11-5-6-13-14(8-11)27-18-16(17(19)23(20)9-22-18)15(13)10-3-2-4-12(7-10)24(25)26/h2-9,15,19H,20H2. The van der Waals surface area contributed by atoms with Crippen molar-refractivity contribution in [3.05, 3.63) is 92.5 Å². The number of nitro benzene ring substituents is 1. The normalized spacial score (nSPS) is 14.4. The molecule has 9 nitrogen and oxygen atoms in total. The number of hydrogen-bond donors (Lipinski definition) is 2. The number of non-ortho nitro benzene ring substituents is 1. The van der Waals surface area contributed by atoms with Crippen molar-refractivity contribution >= 4 is 11.4 Å². The number of nitrogens with two attached hydrogens (primary N) is 1. The van der Waals surface area contributed by atoms with Crippen LogP contribution in [0.1, 0.15) is 22.6 Å². The van der Waals surface area contributed by atoms with Gasteiger partial charge in [-0.15, -0.1) is 0 Å². The van der Waals surface area contributed by atoms with Crippen molar-refractivity contribution in [3.8, 4) is 11.6 Å². The third-order valence-electron chi connectivity index (χ3n) is 4.39. The first kappa shape index (κ1) is 16.3. The van der Waals surface area contributed by atoms with Gasteiger partial charge in [0.2, 0.25) is 5.88 Å². The maximum absolute atomic E-state index is 11.2. The number of nitrogens with zero attached hydrogens (tertiary/aromatic N) is 4. The highest BCUT2D eigenvalue weighted by Gasteiger charge is 2.32. The summed E-state index contributed by atoms with van der Waals surface area (Å²) in [5.74, 6) is 5.86. The Labute approximate surface area is 152 Å². The Balaban J connectivity index is 2.02. The van der Waals surface area contributed by atoms with E-state index in [0.29, 0.717) is 28.1 Å². The minimum Gasteiger partial charge on any atom is -0.440 e. The van der Waals surface area contributed by atoms with Gasteiger partial charge in [-0.1, -0.05) is 24.3 Å². The average Bonchev–Trinajstić information content (AvgIpc) is 2.69. The molecule has 3 aromatic rings. The Kier molecular flexibility index (Phi) is 3.60. The van der Waals surface area contributed by atoms with Gasteiger partial charge in [0.1, 0.15) is 12.1 Å². The summed E-state index contributed by atoms with van der Waals surface area (Å²) in [6, 6.07) is 11.1. The van der Waals surface area contributed by atoms with E-state index in [1.54, 1.807) is 30.3 Å². The molecule has 27 heavy (non-hydrogen) atoms. The number of ether oxygens (including phenoxy) is 1. The Hall–Kier alpha value is -4.19. The fourth-order valence-corrected chi connectivity index (χ4v) is 3.17. The van der Waals surface area contributed by atoms with Crippen molar-refractivity contribution in [2.24, 2.45) is 0 Å². The lowest BCUT2D eigenvalue weighted by Crippen LogP contribution is -2.33. The van der Waals surface area contributed by atoms with Gasteiger partial charge in [0.15, 0.2) is 11.2 Å². The molecule has 0 saturated carbocycles. The summed E-state index contributed by atoms with van der Waals surface area (Å²) in [7, 11) is 0. The van der Waals surface area contributed by atoms with E-state index in [0.717, 1.165) is 4.68 Å². The second-order valence-electron chi connectivity index (χ2n) is 5.94. The molecule has 1 aliphatic heterocycles. The minimum absolute atomic E-state index is 0.0172. The maximum Gasteiger partial charge on any atom is 0.269 e. The summed E-state index contributed by atoms with van der Waals surface area (Å²) < 4.78 is 6.87. The Bertz CT molecular complexity index is 1190. The molecular formula is C18H12N6O3. The first-order valence-corrected chi connectivity index (χ1v) is 7.84. The SMILES string of the molecule is [C-]#[N+]c1ccc2c(c1)Oc1ncn(N)c(=N)c1C2c1cccc([N+](=O)[O-])c1. The van der Waals surface area contributed by atoms with E-state index in [4.69, 9.17) is 22.6 Å². The van der Waals surface area contributed by atoms with E-state index in [-0.39, 0.29) is 17.1 Å². The number of nitro groups is 1. The van der Waals surface area contributed by atoms with E-state index in [9.17, 15) is 10.1 Å². The molecule has 4 rings (SSSR count). The lowest BCUT2D eigenvalue weighted by Gasteiger charge is -2.28. The number of fused-ring (bicyclic) bond motifs is 2. The Morgan fingerprint density at radius 3 is 2.89 bits per heavy atom. The van der Waals surface area contributed by atoms with Gasteiger partial charge < -0.3 is 10.6 Å². The molecule has 0 fully saturated rings. The average molecular weight is 360 g/mol. The second kappa shape index (κ2) is 5.96. The molecule has 0 amide bonds. The van der Waals surface area contributed by atoms with Crippen molar-refractivity contribution in [2.45, 2.75) is 5.92 Å². The summed E-state index contributed by atoms with van der Waals surface area (Å²) in [4.78, 5) is 18.3. The van der Waals surface area contributed by atoms with Gasteiger partial charge in [-0.3, -0.25) is 15.5 Å². The van der Waals surface area contributed by atoms with Crippen LogP contribution in [0.15, 0.2) is 48.8 Å².